The van der Waals surface area contributed by atoms with Gasteiger partial charge in [-0.1, -0.05) is 0 Å². The van der Waals surface area contributed by atoms with Gasteiger partial charge in [-0.2, -0.15) is 0 Å². The molecule has 0 heterocycles. The van der Waals surface area contributed by atoms with Crippen molar-refractivity contribution in [1.82, 2.24) is 3.92 Å². The van der Waals surface area contributed by atoms with Crippen LogP contribution in [-0.4, -0.2) is 65.0 Å². The Kier molecular flexibility index (Phi) is 8.01. The van der Waals surface area contributed by atoms with Crippen LogP contribution < -0.4 is 5.73 Å². The molecule has 0 saturated carbocycles. The van der Waals surface area contributed by atoms with Crippen LogP contribution >= 0.6 is 12.6 Å². The molecule has 0 radical (unpaired) electrons. The summed E-state index contributed by atoms with van der Waals surface area (Å²) in [5, 5.41) is 17.5. The number of aliphatic carboxylic acids is 2. The number of hydrogen-bond donors (Lipinski definition) is 4. The van der Waals surface area contributed by atoms with E-state index in [0.29, 0.717) is 0 Å². The molecule has 0 aliphatic rings. The molecule has 1 amide bonds. The zero-order valence-corrected chi connectivity index (χ0v) is 12.4. The number of nitrogens with zero attached hydrogens (tertiary/aromatic N) is 1. The summed E-state index contributed by atoms with van der Waals surface area (Å²) in [4.78, 5) is 33.3. The van der Waals surface area contributed by atoms with Gasteiger partial charge in [-0.25, -0.2) is 0 Å². The molecule has 9 heteroatoms. The van der Waals surface area contributed by atoms with E-state index in [1.165, 1.54) is 0 Å². The van der Waals surface area contributed by atoms with Crippen molar-refractivity contribution in [3.8, 4) is 0 Å². The van der Waals surface area contributed by atoms with E-state index in [9.17, 15) is 14.4 Å². The van der Waals surface area contributed by atoms with Crippen molar-refractivity contribution >= 4 is 45.6 Å². The van der Waals surface area contributed by atoms with Gasteiger partial charge in [0.05, 0.1) is 0 Å². The Bertz CT molecular complexity index is 328. The Morgan fingerprint density at radius 3 is 2.28 bits per heavy atom. The predicted molar refractivity (Wildman–Crippen MR) is 68.6 cm³/mol. The molecule has 7 nitrogen and oxygen atoms in total. The molecule has 2 atom stereocenters. The van der Waals surface area contributed by atoms with Crippen molar-refractivity contribution in [2.75, 3.05) is 5.75 Å². The fourth-order valence-electron chi connectivity index (χ4n) is 1.19. The molecule has 0 aliphatic heterocycles. The maximum absolute atomic E-state index is 11.9. The quantitative estimate of drug-likeness (QED) is 0.333. The summed E-state index contributed by atoms with van der Waals surface area (Å²) < 4.78 is 1.16. The average Bonchev–Trinajstić information content (AvgIpc) is 2.31. The van der Waals surface area contributed by atoms with Crippen LogP contribution in [0.2, 0.25) is 5.82 Å². The van der Waals surface area contributed by atoms with Gasteiger partial charge >= 0.3 is 116 Å². The number of hydrogen-bond acceptors (Lipinski definition) is 5. The first-order valence-electron chi connectivity index (χ1n) is 5.03. The van der Waals surface area contributed by atoms with E-state index < -0.39 is 29.9 Å². The third-order valence-corrected chi connectivity index (χ3v) is 4.22. The van der Waals surface area contributed by atoms with E-state index in [0.717, 1.165) is 3.92 Å². The zero-order chi connectivity index (χ0) is 14.3. The predicted octanol–water partition coefficient (Wildman–Crippen LogP) is -0.943. The average molecular weight is 343 g/mol. The molecule has 18 heavy (non-hydrogen) atoms. The van der Waals surface area contributed by atoms with E-state index in [1.807, 2.05) is 0 Å². The standard InChI is InChI=1S/C9H16N2O5SSe/c1-18-11(6(4-17)9(15)16)8(14)5(10)2-3-7(12)13/h5-6,17H,2-4,10H2,1H3,(H,12,13)(H,15,16). The Morgan fingerprint density at radius 2 is 1.94 bits per heavy atom. The number of nitrogens with two attached hydrogens (primary N) is 1. The summed E-state index contributed by atoms with van der Waals surface area (Å²) in [5.41, 5.74) is 5.57. The van der Waals surface area contributed by atoms with Gasteiger partial charge in [0, 0.05) is 0 Å². The first-order valence-corrected chi connectivity index (χ1v) is 8.14. The van der Waals surface area contributed by atoms with Crippen molar-refractivity contribution in [2.45, 2.75) is 30.7 Å². The van der Waals surface area contributed by atoms with E-state index >= 15 is 0 Å². The molecule has 0 aromatic heterocycles. The van der Waals surface area contributed by atoms with Crippen molar-refractivity contribution < 1.29 is 24.6 Å². The van der Waals surface area contributed by atoms with Crippen LogP contribution in [0.25, 0.3) is 0 Å². The Hall–Kier alpha value is -0.761. The minimum absolute atomic E-state index is 0.0116. The van der Waals surface area contributed by atoms with Crippen LogP contribution in [0.1, 0.15) is 12.8 Å². The molecule has 0 spiro atoms. The zero-order valence-electron chi connectivity index (χ0n) is 9.78. The summed E-state index contributed by atoms with van der Waals surface area (Å²) in [6.45, 7) is 0. The molecule has 0 fully saturated rings. The van der Waals surface area contributed by atoms with Crippen molar-refractivity contribution in [3.05, 3.63) is 0 Å². The monoisotopic (exact) mass is 344 g/mol. The third kappa shape index (κ3) is 5.26. The summed E-state index contributed by atoms with van der Waals surface area (Å²) in [6, 6.07) is -2.02. The number of rotatable bonds is 8. The molecule has 104 valence electrons. The van der Waals surface area contributed by atoms with Gasteiger partial charge in [0.15, 0.2) is 0 Å². The molecule has 0 bridgehead atoms. The SMILES string of the molecule is C[Se]N(C(=O)C(N)CCC(=O)O)C(CS)C(=O)O. The Balaban J connectivity index is 4.68. The van der Waals surface area contributed by atoms with Crippen LogP contribution in [0.4, 0.5) is 0 Å². The van der Waals surface area contributed by atoms with E-state index in [4.69, 9.17) is 15.9 Å². The van der Waals surface area contributed by atoms with Gasteiger partial charge in [-0.05, 0) is 0 Å². The van der Waals surface area contributed by atoms with Gasteiger partial charge in [-0.15, -0.1) is 0 Å². The molecule has 0 saturated heterocycles. The number of carboxylic acids is 2. The molecule has 0 aliphatic carbocycles. The van der Waals surface area contributed by atoms with Gasteiger partial charge in [0.25, 0.3) is 0 Å². The van der Waals surface area contributed by atoms with Gasteiger partial charge in [0.2, 0.25) is 0 Å². The van der Waals surface area contributed by atoms with E-state index in [1.54, 1.807) is 5.82 Å². The molecular formula is C9H16N2O5SSe. The fraction of sp³-hybridized carbons (Fsp3) is 0.667. The Labute approximate surface area is 116 Å². The molecule has 2 unspecified atom stereocenters. The second-order valence-corrected chi connectivity index (χ2v) is 5.38. The second-order valence-electron chi connectivity index (χ2n) is 3.42. The minimum atomic E-state index is -1.15. The normalized spacial score (nSPS) is 13.7. The topological polar surface area (TPSA) is 121 Å². The maximum atomic E-state index is 11.9. The Morgan fingerprint density at radius 1 is 1.39 bits per heavy atom. The molecule has 4 N–H and O–H groups in total. The first-order chi connectivity index (χ1) is 8.34. The summed E-state index contributed by atoms with van der Waals surface area (Å²) in [7, 11) is 0. The summed E-state index contributed by atoms with van der Waals surface area (Å²) in [6.07, 6.45) is -0.240. The summed E-state index contributed by atoms with van der Waals surface area (Å²) in [5.74, 6) is -1.06. The molecule has 0 aromatic rings. The molecular weight excluding hydrogens is 327 g/mol. The van der Waals surface area contributed by atoms with E-state index in [2.05, 4.69) is 12.6 Å². The summed E-state index contributed by atoms with van der Waals surface area (Å²) >= 11 is 3.51. The van der Waals surface area contributed by atoms with Crippen LogP contribution in [0.15, 0.2) is 0 Å². The van der Waals surface area contributed by atoms with Crippen LogP contribution in [0.3, 0.4) is 0 Å². The number of carboxylic acid groups (broad SMARTS) is 2. The molecule has 0 rings (SSSR count). The van der Waals surface area contributed by atoms with Gasteiger partial charge in [-0.3, -0.25) is 0 Å². The second kappa shape index (κ2) is 8.36. The van der Waals surface area contributed by atoms with Crippen LogP contribution in [-0.2, 0) is 14.4 Å². The van der Waals surface area contributed by atoms with E-state index in [-0.39, 0.29) is 33.8 Å². The van der Waals surface area contributed by atoms with Crippen molar-refractivity contribution in [2.24, 2.45) is 5.73 Å². The fourth-order valence-corrected chi connectivity index (χ4v) is 3.30. The first kappa shape index (κ1) is 17.2. The number of carbonyl (C=O) groups excluding carboxylic acids is 1. The van der Waals surface area contributed by atoms with Crippen molar-refractivity contribution in [1.29, 1.82) is 0 Å². The van der Waals surface area contributed by atoms with Crippen molar-refractivity contribution in [3.63, 3.8) is 0 Å². The van der Waals surface area contributed by atoms with Gasteiger partial charge in [0.1, 0.15) is 0 Å². The molecule has 0 aromatic carbocycles. The van der Waals surface area contributed by atoms with Gasteiger partial charge < -0.3 is 0 Å². The number of thiol groups is 1. The number of carbonyl (C=O) groups is 3. The number of amides is 1. The third-order valence-electron chi connectivity index (χ3n) is 2.14. The van der Waals surface area contributed by atoms with Crippen LogP contribution in [0, 0.1) is 0 Å². The van der Waals surface area contributed by atoms with Crippen LogP contribution in [0.5, 0.6) is 0 Å².